The van der Waals surface area contributed by atoms with Crippen LogP contribution >= 0.6 is 11.8 Å². The van der Waals surface area contributed by atoms with E-state index in [9.17, 15) is 9.59 Å². The summed E-state index contributed by atoms with van der Waals surface area (Å²) >= 11 is 1.23. The van der Waals surface area contributed by atoms with Crippen LogP contribution in [0.3, 0.4) is 0 Å². The van der Waals surface area contributed by atoms with Crippen LogP contribution < -0.4 is 10.2 Å². The molecule has 1 N–H and O–H groups in total. The molecule has 2 aliphatic rings. The van der Waals surface area contributed by atoms with Crippen molar-refractivity contribution in [1.29, 1.82) is 0 Å². The molecule has 4 rings (SSSR count). The van der Waals surface area contributed by atoms with Crippen LogP contribution in [-0.4, -0.2) is 51.8 Å². The Morgan fingerprint density at radius 2 is 2.07 bits per heavy atom. The second-order valence-corrected chi connectivity index (χ2v) is 8.04. The molecule has 1 aromatic carbocycles. The first-order chi connectivity index (χ1) is 13.6. The zero-order chi connectivity index (χ0) is 19.5. The number of hydrogen-bond acceptors (Lipinski definition) is 7. The van der Waals surface area contributed by atoms with Crippen molar-refractivity contribution in [1.82, 2.24) is 15.1 Å². The quantitative estimate of drug-likeness (QED) is 0.770. The van der Waals surface area contributed by atoms with Crippen molar-refractivity contribution in [2.75, 3.05) is 29.1 Å². The van der Waals surface area contributed by atoms with Crippen LogP contribution in [0, 0.1) is 0 Å². The number of benzene rings is 1. The molecule has 1 saturated heterocycles. The van der Waals surface area contributed by atoms with Crippen molar-refractivity contribution in [3.63, 3.8) is 0 Å². The van der Waals surface area contributed by atoms with E-state index in [2.05, 4.69) is 20.4 Å². The average Bonchev–Trinajstić information content (AvgIpc) is 3.31. The minimum atomic E-state index is -0.231. The third kappa shape index (κ3) is 4.20. The lowest BCUT2D eigenvalue weighted by Crippen LogP contribution is -2.40. The van der Waals surface area contributed by atoms with Crippen molar-refractivity contribution in [3.05, 3.63) is 30.2 Å². The zero-order valence-electron chi connectivity index (χ0n) is 15.8. The van der Waals surface area contributed by atoms with Gasteiger partial charge in [0.1, 0.15) is 0 Å². The molecule has 1 atom stereocenters. The number of hydrogen-bond donors (Lipinski definition) is 1. The van der Waals surface area contributed by atoms with Gasteiger partial charge in [-0.2, -0.15) is 0 Å². The normalized spacial score (nSPS) is 20.0. The summed E-state index contributed by atoms with van der Waals surface area (Å²) in [5.41, 5.74) is 1.37. The summed E-state index contributed by atoms with van der Waals surface area (Å²) in [6.07, 6.45) is 2.67. The molecular formula is C19H23N5O3S. The van der Waals surface area contributed by atoms with Gasteiger partial charge in [-0.25, -0.2) is 0 Å². The van der Waals surface area contributed by atoms with E-state index in [0.717, 1.165) is 13.1 Å². The van der Waals surface area contributed by atoms with Gasteiger partial charge in [0.25, 0.3) is 5.22 Å². The fraction of sp³-hybridized carbons (Fsp3) is 0.474. The third-order valence-corrected chi connectivity index (χ3v) is 5.76. The number of fused-ring (bicyclic) bond motifs is 1. The topological polar surface area (TPSA) is 91.6 Å². The molecule has 1 aromatic heterocycles. The highest BCUT2D eigenvalue weighted by molar-refractivity contribution is 7.99. The Kier molecular flexibility index (Phi) is 5.63. The summed E-state index contributed by atoms with van der Waals surface area (Å²) in [4.78, 5) is 29.0. The number of anilines is 2. The molecule has 2 amide bonds. The molecule has 0 unspecified atom stereocenters. The molecule has 28 heavy (non-hydrogen) atoms. The Bertz CT molecular complexity index is 865. The van der Waals surface area contributed by atoms with Crippen molar-refractivity contribution < 1.29 is 14.0 Å². The predicted molar refractivity (Wildman–Crippen MR) is 106 cm³/mol. The fourth-order valence-electron chi connectivity index (χ4n) is 3.65. The summed E-state index contributed by atoms with van der Waals surface area (Å²) in [5, 5.41) is 11.4. The molecule has 148 valence electrons. The molecule has 0 bridgehead atoms. The molecule has 2 aliphatic heterocycles. The summed E-state index contributed by atoms with van der Waals surface area (Å²) in [7, 11) is 0. The predicted octanol–water partition coefficient (Wildman–Crippen LogP) is 2.52. The molecule has 0 aliphatic carbocycles. The van der Waals surface area contributed by atoms with Crippen LogP contribution in [0.1, 0.15) is 32.1 Å². The van der Waals surface area contributed by atoms with Crippen LogP contribution in [0.5, 0.6) is 0 Å². The summed E-state index contributed by atoms with van der Waals surface area (Å²) in [6, 6.07) is 7.12. The molecule has 9 heteroatoms. The smallest absolute Gasteiger partial charge is 0.277 e. The summed E-state index contributed by atoms with van der Waals surface area (Å²) < 4.78 is 5.68. The number of amides is 2. The molecule has 1 fully saturated rings. The van der Waals surface area contributed by atoms with Gasteiger partial charge in [0.15, 0.2) is 0 Å². The van der Waals surface area contributed by atoms with Crippen molar-refractivity contribution in [2.45, 2.75) is 44.0 Å². The fourth-order valence-corrected chi connectivity index (χ4v) is 4.29. The van der Waals surface area contributed by atoms with Crippen LogP contribution in [0.25, 0.3) is 0 Å². The van der Waals surface area contributed by atoms with Crippen molar-refractivity contribution in [2.24, 2.45) is 0 Å². The highest BCUT2D eigenvalue weighted by Crippen LogP contribution is 2.32. The van der Waals surface area contributed by atoms with Gasteiger partial charge in [0.05, 0.1) is 23.7 Å². The van der Waals surface area contributed by atoms with E-state index in [1.165, 1.54) is 24.6 Å². The molecule has 0 saturated carbocycles. The van der Waals surface area contributed by atoms with Gasteiger partial charge in [-0.3, -0.25) is 14.5 Å². The minimum absolute atomic E-state index is 0.0913. The second-order valence-electron chi connectivity index (χ2n) is 7.12. The van der Waals surface area contributed by atoms with Crippen LogP contribution in [0.4, 0.5) is 11.4 Å². The number of carbonyl (C=O) groups excluding carboxylic acids is 2. The first-order valence-electron chi connectivity index (χ1n) is 9.48. The SMILES string of the molecule is C[C@H]1CC(=O)Nc2ccccc2N1C(=O)CSc1nnc(CN2CCCC2)o1. The first kappa shape index (κ1) is 18.9. The number of nitrogens with one attached hydrogen (secondary N) is 1. The maximum Gasteiger partial charge on any atom is 0.277 e. The summed E-state index contributed by atoms with van der Waals surface area (Å²) in [5.74, 6) is 0.560. The van der Waals surface area contributed by atoms with Gasteiger partial charge < -0.3 is 14.6 Å². The van der Waals surface area contributed by atoms with Crippen LogP contribution in [0.2, 0.25) is 0 Å². The van der Waals surface area contributed by atoms with Crippen LogP contribution in [0.15, 0.2) is 33.9 Å². The number of likely N-dealkylation sites (tertiary alicyclic amines) is 1. The van der Waals surface area contributed by atoms with Crippen LogP contribution in [-0.2, 0) is 16.1 Å². The Hall–Kier alpha value is -2.39. The number of rotatable bonds is 5. The Labute approximate surface area is 167 Å². The van der Waals surface area contributed by atoms with Gasteiger partial charge in [-0.1, -0.05) is 23.9 Å². The van der Waals surface area contributed by atoms with E-state index in [1.807, 2.05) is 25.1 Å². The van der Waals surface area contributed by atoms with E-state index in [0.29, 0.717) is 29.0 Å². The third-order valence-electron chi connectivity index (χ3n) is 4.95. The highest BCUT2D eigenvalue weighted by atomic mass is 32.2. The van der Waals surface area contributed by atoms with Crippen molar-refractivity contribution >= 4 is 35.0 Å². The van der Waals surface area contributed by atoms with Gasteiger partial charge in [-0.15, -0.1) is 10.2 Å². The average molecular weight is 401 g/mol. The number of nitrogens with zero attached hydrogens (tertiary/aromatic N) is 4. The van der Waals surface area contributed by atoms with Gasteiger partial charge in [-0.05, 0) is 45.0 Å². The van der Waals surface area contributed by atoms with E-state index < -0.39 is 0 Å². The maximum absolute atomic E-state index is 13.0. The second kappa shape index (κ2) is 8.32. The first-order valence-corrected chi connectivity index (χ1v) is 10.5. The van der Waals surface area contributed by atoms with Gasteiger partial charge in [0, 0.05) is 12.5 Å². The molecule has 0 radical (unpaired) electrons. The van der Waals surface area contributed by atoms with Gasteiger partial charge >= 0.3 is 0 Å². The molecule has 0 spiro atoms. The molecule has 8 nitrogen and oxygen atoms in total. The lowest BCUT2D eigenvalue weighted by atomic mass is 10.2. The molecule has 2 aromatic rings. The highest BCUT2D eigenvalue weighted by Gasteiger charge is 2.29. The Morgan fingerprint density at radius 1 is 1.29 bits per heavy atom. The van der Waals surface area contributed by atoms with E-state index in [-0.39, 0.29) is 30.0 Å². The van der Waals surface area contributed by atoms with Gasteiger partial charge in [0.2, 0.25) is 17.7 Å². The molecule has 3 heterocycles. The lowest BCUT2D eigenvalue weighted by Gasteiger charge is -2.27. The number of aromatic nitrogens is 2. The number of thioether (sulfide) groups is 1. The number of carbonyl (C=O) groups is 2. The Balaban J connectivity index is 1.42. The maximum atomic E-state index is 13.0. The van der Waals surface area contributed by atoms with E-state index in [4.69, 9.17) is 4.42 Å². The summed E-state index contributed by atoms with van der Waals surface area (Å²) in [6.45, 7) is 4.65. The van der Waals surface area contributed by atoms with E-state index >= 15 is 0 Å². The Morgan fingerprint density at radius 3 is 2.89 bits per heavy atom. The lowest BCUT2D eigenvalue weighted by molar-refractivity contribution is -0.117. The zero-order valence-corrected chi connectivity index (χ0v) is 16.6. The van der Waals surface area contributed by atoms with E-state index in [1.54, 1.807) is 11.0 Å². The standard InChI is InChI=1S/C19H23N5O3S/c1-13-10-16(25)20-14-6-2-3-7-15(14)24(13)18(26)12-28-19-22-21-17(27-19)11-23-8-4-5-9-23/h2-3,6-7,13H,4-5,8-12H2,1H3,(H,20,25)/t13-/m0/s1. The monoisotopic (exact) mass is 401 g/mol. The minimum Gasteiger partial charge on any atom is -0.415 e. The van der Waals surface area contributed by atoms with Crippen molar-refractivity contribution in [3.8, 4) is 0 Å². The largest absolute Gasteiger partial charge is 0.415 e. The molecular weight excluding hydrogens is 378 g/mol. The number of para-hydroxylation sites is 2.